The van der Waals surface area contributed by atoms with Gasteiger partial charge in [0.15, 0.2) is 0 Å². The molecule has 1 amide bonds. The highest BCUT2D eigenvalue weighted by Gasteiger charge is 2.18. The van der Waals surface area contributed by atoms with Crippen molar-refractivity contribution >= 4 is 48.8 Å². The lowest BCUT2D eigenvalue weighted by Crippen LogP contribution is -2.31. The van der Waals surface area contributed by atoms with Gasteiger partial charge < -0.3 is 10.1 Å². The largest absolute Gasteiger partial charge is 0.491 e. The van der Waals surface area contributed by atoms with Gasteiger partial charge in [0.25, 0.3) is 9.05 Å². The summed E-state index contributed by atoms with van der Waals surface area (Å²) in [5.74, 6) is 0.0234. The molecule has 0 unspecified atom stereocenters. The van der Waals surface area contributed by atoms with E-state index < -0.39 is 9.05 Å². The number of amides is 1. The summed E-state index contributed by atoms with van der Waals surface area (Å²) in [4.78, 5) is 11.1. The standard InChI is InChI=1S/C12H14Cl3NO4S/c1-7(2)16-12(17)3-4-20-10-5-9(14)11(6-8(10)13)21(15,18)19/h5-7H,3-4H2,1-2H3,(H,16,17). The smallest absolute Gasteiger partial charge is 0.262 e. The maximum Gasteiger partial charge on any atom is 0.262 e. The molecule has 0 heterocycles. The fourth-order valence-electron chi connectivity index (χ4n) is 1.46. The van der Waals surface area contributed by atoms with Gasteiger partial charge in [0, 0.05) is 22.8 Å². The Labute approximate surface area is 137 Å². The molecule has 0 aliphatic carbocycles. The predicted molar refractivity (Wildman–Crippen MR) is 82.9 cm³/mol. The summed E-state index contributed by atoms with van der Waals surface area (Å²) in [6.45, 7) is 3.78. The molecule has 0 saturated heterocycles. The second-order valence-electron chi connectivity index (χ2n) is 4.47. The van der Waals surface area contributed by atoms with E-state index >= 15 is 0 Å². The van der Waals surface area contributed by atoms with Crippen molar-refractivity contribution in [3.8, 4) is 5.75 Å². The summed E-state index contributed by atoms with van der Waals surface area (Å²) in [5, 5.41) is 2.65. The number of halogens is 3. The fraction of sp³-hybridized carbons (Fsp3) is 0.417. The molecule has 0 radical (unpaired) electrons. The summed E-state index contributed by atoms with van der Waals surface area (Å²) >= 11 is 11.7. The van der Waals surface area contributed by atoms with Crippen LogP contribution in [0.5, 0.6) is 5.75 Å². The molecule has 0 saturated carbocycles. The van der Waals surface area contributed by atoms with Crippen LogP contribution in [0, 0.1) is 0 Å². The van der Waals surface area contributed by atoms with Crippen LogP contribution in [0.3, 0.4) is 0 Å². The molecule has 1 aromatic rings. The van der Waals surface area contributed by atoms with Crippen molar-refractivity contribution in [3.63, 3.8) is 0 Å². The lowest BCUT2D eigenvalue weighted by atomic mass is 10.3. The fourth-order valence-corrected chi connectivity index (χ4v) is 3.25. The zero-order valence-electron chi connectivity index (χ0n) is 11.3. The van der Waals surface area contributed by atoms with Crippen molar-refractivity contribution < 1.29 is 17.9 Å². The third kappa shape index (κ3) is 5.90. The molecule has 0 aliphatic rings. The zero-order chi connectivity index (χ0) is 16.2. The van der Waals surface area contributed by atoms with E-state index in [1.54, 1.807) is 0 Å². The molecule has 5 nitrogen and oxygen atoms in total. The van der Waals surface area contributed by atoms with E-state index in [0.29, 0.717) is 0 Å². The zero-order valence-corrected chi connectivity index (χ0v) is 14.4. The van der Waals surface area contributed by atoms with E-state index in [4.69, 9.17) is 38.6 Å². The average Bonchev–Trinajstić information content (AvgIpc) is 2.30. The predicted octanol–water partition coefficient (Wildman–Crippen LogP) is 3.21. The van der Waals surface area contributed by atoms with Crippen molar-refractivity contribution in [2.24, 2.45) is 0 Å². The molecule has 0 bridgehead atoms. The monoisotopic (exact) mass is 373 g/mol. The summed E-state index contributed by atoms with van der Waals surface area (Å²) in [7, 11) is 1.23. The van der Waals surface area contributed by atoms with Gasteiger partial charge in [-0.05, 0) is 19.9 Å². The highest BCUT2D eigenvalue weighted by atomic mass is 35.7. The van der Waals surface area contributed by atoms with Crippen LogP contribution in [0.15, 0.2) is 17.0 Å². The van der Waals surface area contributed by atoms with E-state index in [1.165, 1.54) is 6.07 Å². The highest BCUT2D eigenvalue weighted by molar-refractivity contribution is 8.13. The molecule has 118 valence electrons. The van der Waals surface area contributed by atoms with Crippen LogP contribution >= 0.6 is 33.9 Å². The Morgan fingerprint density at radius 3 is 2.43 bits per heavy atom. The Balaban J connectivity index is 2.74. The molecule has 1 N–H and O–H groups in total. The third-order valence-electron chi connectivity index (χ3n) is 2.29. The van der Waals surface area contributed by atoms with Crippen molar-refractivity contribution in [1.29, 1.82) is 0 Å². The van der Waals surface area contributed by atoms with E-state index in [0.717, 1.165) is 6.07 Å². The van der Waals surface area contributed by atoms with Gasteiger partial charge in [-0.25, -0.2) is 8.42 Å². The van der Waals surface area contributed by atoms with E-state index in [9.17, 15) is 13.2 Å². The summed E-state index contributed by atoms with van der Waals surface area (Å²) < 4.78 is 27.8. The minimum absolute atomic E-state index is 0.0443. The van der Waals surface area contributed by atoms with Gasteiger partial charge in [0.05, 0.1) is 23.1 Å². The summed E-state index contributed by atoms with van der Waals surface area (Å²) in [5.41, 5.74) is 0. The Kier molecular flexibility index (Phi) is 6.59. The van der Waals surface area contributed by atoms with Crippen LogP contribution in [0.1, 0.15) is 20.3 Å². The first-order valence-corrected chi connectivity index (χ1v) is 9.03. The van der Waals surface area contributed by atoms with Crippen LogP contribution < -0.4 is 10.1 Å². The van der Waals surface area contributed by atoms with Crippen LogP contribution in [0.2, 0.25) is 10.0 Å². The van der Waals surface area contributed by atoms with Crippen LogP contribution in [0.25, 0.3) is 0 Å². The number of hydrogen-bond acceptors (Lipinski definition) is 4. The molecular weight excluding hydrogens is 361 g/mol. The van der Waals surface area contributed by atoms with Gasteiger partial charge in [-0.3, -0.25) is 4.79 Å². The summed E-state index contributed by atoms with van der Waals surface area (Å²) in [6.07, 6.45) is 0.141. The number of ether oxygens (including phenoxy) is 1. The van der Waals surface area contributed by atoms with Gasteiger partial charge in [-0.1, -0.05) is 23.2 Å². The van der Waals surface area contributed by atoms with Gasteiger partial charge in [0.2, 0.25) is 5.91 Å². The molecule has 0 aromatic heterocycles. The Morgan fingerprint density at radius 2 is 1.90 bits per heavy atom. The summed E-state index contributed by atoms with van der Waals surface area (Å²) in [6, 6.07) is 2.40. The SMILES string of the molecule is CC(C)NC(=O)CCOc1cc(Cl)c(S(=O)(=O)Cl)cc1Cl. The number of carbonyl (C=O) groups excluding carboxylic acids is 1. The average molecular weight is 375 g/mol. The minimum Gasteiger partial charge on any atom is -0.491 e. The number of benzene rings is 1. The van der Waals surface area contributed by atoms with Crippen LogP contribution in [-0.2, 0) is 13.8 Å². The van der Waals surface area contributed by atoms with Crippen molar-refractivity contribution in [3.05, 3.63) is 22.2 Å². The molecule has 1 aromatic carbocycles. The number of hydrogen-bond donors (Lipinski definition) is 1. The van der Waals surface area contributed by atoms with Gasteiger partial charge in [-0.2, -0.15) is 0 Å². The second kappa shape index (κ2) is 7.54. The molecular formula is C12H14Cl3NO4S. The maximum atomic E-state index is 11.4. The first kappa shape index (κ1) is 18.4. The van der Waals surface area contributed by atoms with Crippen LogP contribution in [-0.4, -0.2) is 27.0 Å². The topological polar surface area (TPSA) is 72.5 Å². The van der Waals surface area contributed by atoms with Gasteiger partial charge in [0.1, 0.15) is 10.6 Å². The van der Waals surface area contributed by atoms with Crippen molar-refractivity contribution in [1.82, 2.24) is 5.32 Å². The lowest BCUT2D eigenvalue weighted by Gasteiger charge is -2.11. The molecule has 0 atom stereocenters. The maximum absolute atomic E-state index is 11.4. The first-order valence-electron chi connectivity index (χ1n) is 5.97. The van der Waals surface area contributed by atoms with Gasteiger partial charge in [-0.15, -0.1) is 0 Å². The first-order chi connectivity index (χ1) is 9.61. The van der Waals surface area contributed by atoms with Crippen molar-refractivity contribution in [2.75, 3.05) is 6.61 Å². The Morgan fingerprint density at radius 1 is 1.29 bits per heavy atom. The second-order valence-corrected chi connectivity index (χ2v) is 7.82. The molecule has 21 heavy (non-hydrogen) atoms. The quantitative estimate of drug-likeness (QED) is 0.776. The van der Waals surface area contributed by atoms with E-state index in [1.807, 2.05) is 13.8 Å². The molecule has 9 heteroatoms. The molecule has 0 fully saturated rings. The van der Waals surface area contributed by atoms with Crippen LogP contribution in [0.4, 0.5) is 0 Å². The normalized spacial score (nSPS) is 11.5. The molecule has 0 aliphatic heterocycles. The minimum atomic E-state index is -3.98. The third-order valence-corrected chi connectivity index (χ3v) is 4.37. The number of rotatable bonds is 6. The van der Waals surface area contributed by atoms with E-state index in [2.05, 4.69) is 5.32 Å². The van der Waals surface area contributed by atoms with E-state index in [-0.39, 0.29) is 45.7 Å². The lowest BCUT2D eigenvalue weighted by molar-refractivity contribution is -0.122. The Hall–Kier alpha value is -0.690. The Bertz CT molecular complexity index is 632. The van der Waals surface area contributed by atoms with Gasteiger partial charge >= 0.3 is 0 Å². The molecule has 0 spiro atoms. The number of nitrogens with one attached hydrogen (secondary N) is 1. The highest BCUT2D eigenvalue weighted by Crippen LogP contribution is 2.35. The molecule has 1 rings (SSSR count). The number of carbonyl (C=O) groups is 1. The van der Waals surface area contributed by atoms with Crippen molar-refractivity contribution in [2.45, 2.75) is 31.2 Å².